The van der Waals surface area contributed by atoms with Gasteiger partial charge in [-0.3, -0.25) is 9.59 Å². The van der Waals surface area contributed by atoms with Crippen LogP contribution in [0.4, 0.5) is 0 Å². The zero-order valence-electron chi connectivity index (χ0n) is 16.1. The molecule has 13 heteroatoms. The van der Waals surface area contributed by atoms with Crippen LogP contribution in [0.1, 0.15) is 13.8 Å². The summed E-state index contributed by atoms with van der Waals surface area (Å²) in [5, 5.41) is 33.9. The molecule has 0 saturated carbocycles. The molecule has 29 heavy (non-hydrogen) atoms. The monoisotopic (exact) mass is 417 g/mol. The van der Waals surface area contributed by atoms with E-state index in [-0.39, 0.29) is 5.96 Å². The third-order valence-electron chi connectivity index (χ3n) is 3.86. The highest BCUT2D eigenvalue weighted by atomic mass is 16.6. The van der Waals surface area contributed by atoms with Crippen LogP contribution in [-0.2, 0) is 23.9 Å². The van der Waals surface area contributed by atoms with Crippen LogP contribution in [0.15, 0.2) is 16.8 Å². The second-order valence-corrected chi connectivity index (χ2v) is 6.17. The van der Waals surface area contributed by atoms with Crippen LogP contribution < -0.4 is 22.1 Å². The lowest BCUT2D eigenvalue weighted by Crippen LogP contribution is -2.60. The third kappa shape index (κ3) is 7.21. The molecule has 1 heterocycles. The molecule has 9 N–H and O–H groups in total. The van der Waals surface area contributed by atoms with Crippen molar-refractivity contribution < 1.29 is 39.2 Å². The number of ether oxygens (including phenoxy) is 2. The molecule has 1 aliphatic rings. The number of hydrogen-bond acceptors (Lipinski definition) is 8. The number of nitrogens with one attached hydrogen (secondary N) is 2. The van der Waals surface area contributed by atoms with E-state index in [1.165, 1.54) is 6.92 Å². The van der Waals surface area contributed by atoms with Gasteiger partial charge in [0.2, 0.25) is 17.6 Å². The number of aliphatic hydroxyl groups excluding tert-OH is 2. The Balaban J connectivity index is 3.33. The number of aliphatic imine (C=N–C) groups is 1. The van der Waals surface area contributed by atoms with Gasteiger partial charge in [0.05, 0.1) is 18.7 Å². The summed E-state index contributed by atoms with van der Waals surface area (Å²) in [5.41, 5.74) is 10.8. The molecule has 0 aliphatic carbocycles. The number of nitrogens with two attached hydrogens (primary N) is 2. The van der Waals surface area contributed by atoms with Crippen molar-refractivity contribution in [2.75, 3.05) is 19.8 Å². The van der Waals surface area contributed by atoms with Crippen LogP contribution in [0.5, 0.6) is 0 Å². The maximum absolute atomic E-state index is 11.7. The standard InChI is InChI=1S/C16H27N5O8/c1-3-19-11(25)6-28-13(9(24)5-22)14-12(20-7(2)23)8(21-16(17)18)4-10(29-14)15(26)27/h4,8-9,12-14,22,24H,3,5-6H2,1-2H3,(H,19,25)(H,20,23)(H,26,27)(H4,17,18,21)/t8-,9+,12+,13+,14+/m0/s1. The average Bonchev–Trinajstić information content (AvgIpc) is 2.62. The molecule has 0 aromatic carbocycles. The van der Waals surface area contributed by atoms with Crippen molar-refractivity contribution in [1.29, 1.82) is 0 Å². The van der Waals surface area contributed by atoms with E-state index in [4.69, 9.17) is 20.9 Å². The number of guanidine groups is 1. The van der Waals surface area contributed by atoms with E-state index in [2.05, 4.69) is 15.6 Å². The summed E-state index contributed by atoms with van der Waals surface area (Å²) in [6, 6.07) is -2.15. The van der Waals surface area contributed by atoms with E-state index in [0.29, 0.717) is 6.54 Å². The summed E-state index contributed by atoms with van der Waals surface area (Å²) >= 11 is 0. The van der Waals surface area contributed by atoms with Crippen LogP contribution in [0, 0.1) is 0 Å². The molecule has 0 spiro atoms. The second-order valence-electron chi connectivity index (χ2n) is 6.17. The Kier molecular flexibility index (Phi) is 9.31. The van der Waals surface area contributed by atoms with Gasteiger partial charge in [-0.2, -0.15) is 0 Å². The fourth-order valence-electron chi connectivity index (χ4n) is 2.75. The summed E-state index contributed by atoms with van der Waals surface area (Å²) < 4.78 is 10.8. The number of hydrogen-bond donors (Lipinski definition) is 7. The van der Waals surface area contributed by atoms with Crippen LogP contribution in [0.2, 0.25) is 0 Å². The summed E-state index contributed by atoms with van der Waals surface area (Å²) in [7, 11) is 0. The van der Waals surface area contributed by atoms with Gasteiger partial charge in [-0.25, -0.2) is 9.79 Å². The Morgan fingerprint density at radius 1 is 1.38 bits per heavy atom. The maximum atomic E-state index is 11.7. The minimum atomic E-state index is -1.57. The second kappa shape index (κ2) is 11.2. The van der Waals surface area contributed by atoms with Gasteiger partial charge in [-0.05, 0) is 13.0 Å². The zero-order valence-corrected chi connectivity index (χ0v) is 16.1. The van der Waals surface area contributed by atoms with Gasteiger partial charge in [0.25, 0.3) is 0 Å². The molecule has 1 aliphatic heterocycles. The van der Waals surface area contributed by atoms with Crippen LogP contribution in [0.3, 0.4) is 0 Å². The van der Waals surface area contributed by atoms with Gasteiger partial charge in [-0.15, -0.1) is 0 Å². The minimum absolute atomic E-state index is 0.336. The molecule has 164 valence electrons. The molecular formula is C16H27N5O8. The maximum Gasteiger partial charge on any atom is 0.370 e. The molecule has 0 aromatic heterocycles. The average molecular weight is 417 g/mol. The summed E-state index contributed by atoms with van der Waals surface area (Å²) in [6.45, 7) is 1.93. The zero-order chi connectivity index (χ0) is 22.1. The molecule has 0 saturated heterocycles. The number of rotatable bonds is 10. The number of likely N-dealkylation sites (N-methyl/N-ethyl adjacent to an activating group) is 1. The summed E-state index contributed by atoms with van der Waals surface area (Å²) in [5.74, 6) is -3.41. The van der Waals surface area contributed by atoms with Crippen molar-refractivity contribution in [2.24, 2.45) is 16.5 Å². The number of nitrogens with zero attached hydrogens (tertiary/aromatic N) is 1. The molecule has 0 aromatic rings. The number of amides is 2. The van der Waals surface area contributed by atoms with Gasteiger partial charge < -0.3 is 46.9 Å². The van der Waals surface area contributed by atoms with Crippen LogP contribution in [-0.4, -0.2) is 89.2 Å². The highest BCUT2D eigenvalue weighted by Gasteiger charge is 2.45. The van der Waals surface area contributed by atoms with Crippen molar-refractivity contribution in [1.82, 2.24) is 10.6 Å². The summed E-state index contributed by atoms with van der Waals surface area (Å²) in [4.78, 5) is 38.8. The first-order valence-electron chi connectivity index (χ1n) is 8.75. The molecule has 0 radical (unpaired) electrons. The summed E-state index contributed by atoms with van der Waals surface area (Å²) in [6.07, 6.45) is -3.23. The first-order valence-corrected chi connectivity index (χ1v) is 8.75. The topological polar surface area (TPSA) is 219 Å². The number of carboxylic acid groups (broad SMARTS) is 1. The van der Waals surface area contributed by atoms with E-state index < -0.39 is 67.2 Å². The molecule has 5 atom stereocenters. The highest BCUT2D eigenvalue weighted by molar-refractivity contribution is 5.85. The number of aliphatic carboxylic acids is 1. The van der Waals surface area contributed by atoms with Gasteiger partial charge in [-0.1, -0.05) is 0 Å². The van der Waals surface area contributed by atoms with Gasteiger partial charge in [0.1, 0.15) is 18.8 Å². The number of carbonyl (C=O) groups excluding carboxylic acids is 2. The molecule has 2 amide bonds. The predicted molar refractivity (Wildman–Crippen MR) is 99.3 cm³/mol. The quantitative estimate of drug-likeness (QED) is 0.137. The predicted octanol–water partition coefficient (Wildman–Crippen LogP) is -3.63. The molecule has 13 nitrogen and oxygen atoms in total. The lowest BCUT2D eigenvalue weighted by Gasteiger charge is -2.40. The number of aliphatic hydroxyl groups is 2. The number of carbonyl (C=O) groups is 3. The lowest BCUT2D eigenvalue weighted by molar-refractivity contribution is -0.158. The smallest absolute Gasteiger partial charge is 0.370 e. The van der Waals surface area contributed by atoms with Crippen molar-refractivity contribution in [3.8, 4) is 0 Å². The Labute approximate surface area is 166 Å². The Hall–Kier alpha value is -2.90. The van der Waals surface area contributed by atoms with Gasteiger partial charge >= 0.3 is 5.97 Å². The molecule has 1 rings (SSSR count). The van der Waals surface area contributed by atoms with E-state index in [9.17, 15) is 29.7 Å². The van der Waals surface area contributed by atoms with E-state index >= 15 is 0 Å². The highest BCUT2D eigenvalue weighted by Crippen LogP contribution is 2.26. The van der Waals surface area contributed by atoms with Crippen molar-refractivity contribution in [3.05, 3.63) is 11.8 Å². The normalized spacial score (nSPS) is 23.0. The third-order valence-corrected chi connectivity index (χ3v) is 3.86. The lowest BCUT2D eigenvalue weighted by atomic mass is 9.92. The van der Waals surface area contributed by atoms with Crippen molar-refractivity contribution in [3.63, 3.8) is 0 Å². The SMILES string of the molecule is CCNC(=O)CO[C@@H]([C@@H]1OC(C(=O)O)=C[C@H](N=C(N)N)[C@H]1NC(C)=O)[C@H](O)CO. The Morgan fingerprint density at radius 2 is 2.03 bits per heavy atom. The van der Waals surface area contributed by atoms with E-state index in [0.717, 1.165) is 6.08 Å². The fraction of sp³-hybridized carbons (Fsp3) is 0.625. The largest absolute Gasteiger partial charge is 0.478 e. The van der Waals surface area contributed by atoms with Gasteiger partial charge in [0, 0.05) is 13.5 Å². The molecule has 0 unspecified atom stereocenters. The first-order chi connectivity index (χ1) is 13.6. The van der Waals surface area contributed by atoms with E-state index in [1.807, 2.05) is 0 Å². The Bertz CT molecular complexity index is 664. The first kappa shape index (κ1) is 24.1. The van der Waals surface area contributed by atoms with Crippen LogP contribution in [0.25, 0.3) is 0 Å². The number of carboxylic acids is 1. The molecule has 0 fully saturated rings. The van der Waals surface area contributed by atoms with Crippen molar-refractivity contribution >= 4 is 23.7 Å². The molecular weight excluding hydrogens is 390 g/mol. The Morgan fingerprint density at radius 3 is 2.52 bits per heavy atom. The van der Waals surface area contributed by atoms with Gasteiger partial charge in [0.15, 0.2) is 12.1 Å². The molecule has 0 bridgehead atoms. The van der Waals surface area contributed by atoms with E-state index in [1.54, 1.807) is 6.92 Å². The fourth-order valence-corrected chi connectivity index (χ4v) is 2.75. The minimum Gasteiger partial charge on any atom is -0.478 e. The van der Waals surface area contributed by atoms with Crippen LogP contribution >= 0.6 is 0 Å². The van der Waals surface area contributed by atoms with Crippen molar-refractivity contribution in [2.45, 2.75) is 44.2 Å².